The number of aliphatic carboxylic acids is 1. The van der Waals surface area contributed by atoms with Gasteiger partial charge in [0.05, 0.1) is 5.41 Å². The van der Waals surface area contributed by atoms with Crippen molar-refractivity contribution in [3.8, 4) is 5.75 Å². The van der Waals surface area contributed by atoms with E-state index in [4.69, 9.17) is 14.3 Å². The summed E-state index contributed by atoms with van der Waals surface area (Å²) in [6.45, 7) is 3.25. The van der Waals surface area contributed by atoms with Gasteiger partial charge in [-0.3, -0.25) is 4.79 Å². The maximum Gasteiger partial charge on any atom is 0.339 e. The molecular weight excluding hydrogens is 296 g/mol. The minimum Gasteiger partial charge on any atom is -0.492 e. The molecule has 1 aromatic heterocycles. The molecule has 0 fully saturated rings. The number of benzene rings is 1. The smallest absolute Gasteiger partial charge is 0.339 e. The minimum absolute atomic E-state index is 0.0447. The number of rotatable bonds is 4. The Morgan fingerprint density at radius 3 is 2.65 bits per heavy atom. The van der Waals surface area contributed by atoms with Crippen LogP contribution in [0.3, 0.4) is 0 Å². The Balaban J connectivity index is 1.94. The van der Waals surface area contributed by atoms with Gasteiger partial charge in [0.15, 0.2) is 0 Å². The van der Waals surface area contributed by atoms with Crippen LogP contribution in [0, 0.1) is 5.41 Å². The maximum absolute atomic E-state index is 12.1. The van der Waals surface area contributed by atoms with Crippen molar-refractivity contribution in [3.63, 3.8) is 0 Å². The second-order valence-electron chi connectivity index (χ2n) is 6.69. The molecule has 2 aromatic rings. The van der Waals surface area contributed by atoms with Gasteiger partial charge in [0.1, 0.15) is 17.9 Å². The summed E-state index contributed by atoms with van der Waals surface area (Å²) >= 11 is 0. The number of hydrogen-bond acceptors (Lipinski definition) is 4. The molecule has 5 heteroatoms. The van der Waals surface area contributed by atoms with Gasteiger partial charge in [0.25, 0.3) is 0 Å². The van der Waals surface area contributed by atoms with Crippen molar-refractivity contribution >= 4 is 16.9 Å². The zero-order chi connectivity index (χ0) is 16.6. The summed E-state index contributed by atoms with van der Waals surface area (Å²) in [5, 5.41) is 10.1. The van der Waals surface area contributed by atoms with E-state index in [1.165, 1.54) is 0 Å². The zero-order valence-electron chi connectivity index (χ0n) is 13.3. The van der Waals surface area contributed by atoms with Crippen molar-refractivity contribution in [2.45, 2.75) is 39.5 Å². The molecule has 1 aromatic carbocycles. The van der Waals surface area contributed by atoms with Gasteiger partial charge in [0.2, 0.25) is 0 Å². The van der Waals surface area contributed by atoms with Crippen molar-refractivity contribution in [1.29, 1.82) is 0 Å². The van der Waals surface area contributed by atoms with Gasteiger partial charge >= 0.3 is 11.6 Å². The summed E-state index contributed by atoms with van der Waals surface area (Å²) < 4.78 is 11.0. The van der Waals surface area contributed by atoms with E-state index >= 15 is 0 Å². The Morgan fingerprint density at radius 1 is 1.26 bits per heavy atom. The van der Waals surface area contributed by atoms with Crippen LogP contribution in [0.4, 0.5) is 0 Å². The number of carboxylic acids is 1. The quantitative estimate of drug-likeness (QED) is 0.877. The second kappa shape index (κ2) is 5.72. The van der Waals surface area contributed by atoms with Gasteiger partial charge in [-0.25, -0.2) is 4.79 Å². The molecule has 1 N–H and O–H groups in total. The van der Waals surface area contributed by atoms with E-state index in [1.807, 2.05) is 6.07 Å². The summed E-state index contributed by atoms with van der Waals surface area (Å²) in [7, 11) is 0. The predicted molar refractivity (Wildman–Crippen MR) is 86.0 cm³/mol. The average Bonchev–Trinajstić information content (AvgIpc) is 2.53. The highest BCUT2D eigenvalue weighted by atomic mass is 16.5. The fraction of sp³-hybridized carbons (Fsp3) is 0.444. The first kappa shape index (κ1) is 15.6. The molecule has 1 aliphatic carbocycles. The van der Waals surface area contributed by atoms with Crippen LogP contribution in [-0.2, 0) is 17.6 Å². The van der Waals surface area contributed by atoms with Gasteiger partial charge < -0.3 is 14.3 Å². The molecule has 0 saturated carbocycles. The Hall–Kier alpha value is -2.30. The lowest BCUT2D eigenvalue weighted by molar-refractivity contribution is -0.148. The lowest BCUT2D eigenvalue weighted by Crippen LogP contribution is -2.30. The van der Waals surface area contributed by atoms with Gasteiger partial charge in [-0.05, 0) is 57.2 Å². The van der Waals surface area contributed by atoms with Gasteiger partial charge in [-0.1, -0.05) is 0 Å². The molecule has 0 atom stereocenters. The third kappa shape index (κ3) is 2.96. The number of carboxylic acid groups (broad SMARTS) is 1. The molecule has 0 spiro atoms. The number of aryl methyl sites for hydroxylation is 1. The maximum atomic E-state index is 12.1. The standard InChI is InChI=1S/C18H20O5/c1-18(2,17(20)21)10-22-11-7-8-13-12-5-3-4-6-14(12)16(19)23-15(13)9-11/h7-9H,3-6,10H2,1-2H3,(H,20,21). The summed E-state index contributed by atoms with van der Waals surface area (Å²) in [4.78, 5) is 23.2. The van der Waals surface area contributed by atoms with Crippen molar-refractivity contribution in [1.82, 2.24) is 0 Å². The molecule has 1 heterocycles. The SMILES string of the molecule is CC(C)(COc1ccc2c3c(c(=O)oc2c1)CCCC3)C(=O)O. The molecule has 5 nitrogen and oxygen atoms in total. The molecule has 0 aliphatic heterocycles. The van der Waals surface area contributed by atoms with E-state index in [9.17, 15) is 9.59 Å². The predicted octanol–water partition coefficient (Wildman–Crippen LogP) is 3.16. The lowest BCUT2D eigenvalue weighted by atomic mass is 9.90. The van der Waals surface area contributed by atoms with Crippen LogP contribution in [0.25, 0.3) is 11.0 Å². The zero-order valence-corrected chi connectivity index (χ0v) is 13.3. The molecule has 1 aliphatic rings. The van der Waals surface area contributed by atoms with E-state index in [2.05, 4.69) is 0 Å². The first-order valence-electron chi connectivity index (χ1n) is 7.83. The van der Waals surface area contributed by atoms with E-state index in [0.717, 1.165) is 42.2 Å². The van der Waals surface area contributed by atoms with E-state index in [1.54, 1.807) is 26.0 Å². The van der Waals surface area contributed by atoms with Crippen LogP contribution in [-0.4, -0.2) is 17.7 Å². The summed E-state index contributed by atoms with van der Waals surface area (Å²) in [5.41, 5.74) is 1.13. The fourth-order valence-corrected chi connectivity index (χ4v) is 2.84. The molecule has 3 rings (SSSR count). The van der Waals surface area contributed by atoms with Crippen molar-refractivity contribution < 1.29 is 19.1 Å². The van der Waals surface area contributed by atoms with Crippen LogP contribution < -0.4 is 10.4 Å². The first-order valence-corrected chi connectivity index (χ1v) is 7.83. The van der Waals surface area contributed by atoms with Crippen molar-refractivity contribution in [2.24, 2.45) is 5.41 Å². The Labute approximate surface area is 133 Å². The summed E-state index contributed by atoms with van der Waals surface area (Å²) in [6, 6.07) is 5.37. The van der Waals surface area contributed by atoms with E-state index < -0.39 is 11.4 Å². The Bertz CT molecular complexity index is 816. The minimum atomic E-state index is -0.981. The normalized spacial score (nSPS) is 14.5. The summed E-state index contributed by atoms with van der Waals surface area (Å²) in [6.07, 6.45) is 3.77. The highest BCUT2D eigenvalue weighted by molar-refractivity contribution is 5.82. The van der Waals surface area contributed by atoms with Gasteiger partial charge in [0, 0.05) is 17.0 Å². The Kier molecular flexibility index (Phi) is 3.88. The molecule has 122 valence electrons. The second-order valence-corrected chi connectivity index (χ2v) is 6.69. The van der Waals surface area contributed by atoms with Crippen LogP contribution >= 0.6 is 0 Å². The van der Waals surface area contributed by atoms with Gasteiger partial charge in [-0.2, -0.15) is 0 Å². The van der Waals surface area contributed by atoms with Crippen molar-refractivity contribution in [2.75, 3.05) is 6.61 Å². The highest BCUT2D eigenvalue weighted by Gasteiger charge is 2.28. The van der Waals surface area contributed by atoms with Crippen LogP contribution in [0.15, 0.2) is 27.4 Å². The molecule has 0 unspecified atom stereocenters. The molecule has 0 amide bonds. The number of fused-ring (bicyclic) bond motifs is 3. The third-order valence-electron chi connectivity index (χ3n) is 4.37. The first-order chi connectivity index (χ1) is 10.9. The van der Waals surface area contributed by atoms with Crippen LogP contribution in [0.2, 0.25) is 0 Å². The van der Waals surface area contributed by atoms with E-state index in [-0.39, 0.29) is 12.2 Å². The van der Waals surface area contributed by atoms with Gasteiger partial charge in [-0.15, -0.1) is 0 Å². The fourth-order valence-electron chi connectivity index (χ4n) is 2.84. The van der Waals surface area contributed by atoms with Crippen LogP contribution in [0.1, 0.15) is 37.8 Å². The average molecular weight is 316 g/mol. The van der Waals surface area contributed by atoms with Crippen LogP contribution in [0.5, 0.6) is 5.75 Å². The highest BCUT2D eigenvalue weighted by Crippen LogP contribution is 2.29. The number of carbonyl (C=O) groups is 1. The third-order valence-corrected chi connectivity index (χ3v) is 4.37. The van der Waals surface area contributed by atoms with E-state index in [0.29, 0.717) is 11.3 Å². The summed E-state index contributed by atoms with van der Waals surface area (Å²) in [5.74, 6) is -0.412. The van der Waals surface area contributed by atoms with Crippen molar-refractivity contribution in [3.05, 3.63) is 39.7 Å². The lowest BCUT2D eigenvalue weighted by Gasteiger charge is -2.20. The number of hydrogen-bond donors (Lipinski definition) is 1. The molecule has 0 bridgehead atoms. The molecule has 23 heavy (non-hydrogen) atoms. The monoisotopic (exact) mass is 316 g/mol. The topological polar surface area (TPSA) is 76.7 Å². The number of ether oxygens (including phenoxy) is 1. The molecular formula is C18H20O5. The Morgan fingerprint density at radius 2 is 1.96 bits per heavy atom. The largest absolute Gasteiger partial charge is 0.492 e. The molecule has 0 radical (unpaired) electrons. The molecule has 0 saturated heterocycles.